The van der Waals surface area contributed by atoms with Gasteiger partial charge in [-0.25, -0.2) is 19.6 Å². The summed E-state index contributed by atoms with van der Waals surface area (Å²) in [4.78, 5) is 16.3. The van der Waals surface area contributed by atoms with E-state index in [0.29, 0.717) is 30.2 Å². The second-order valence-corrected chi connectivity index (χ2v) is 6.58. The molecule has 0 radical (unpaired) electrons. The molecule has 0 fully saturated rings. The number of nitrogens with one attached hydrogen (secondary N) is 1. The van der Waals surface area contributed by atoms with Crippen molar-refractivity contribution in [3.63, 3.8) is 0 Å². The average Bonchev–Trinajstić information content (AvgIpc) is 3.12. The van der Waals surface area contributed by atoms with Crippen LogP contribution in [0, 0.1) is 0 Å². The van der Waals surface area contributed by atoms with Crippen LogP contribution < -0.4 is 5.32 Å². The van der Waals surface area contributed by atoms with E-state index >= 15 is 0 Å². The molecule has 29 heavy (non-hydrogen) atoms. The number of hydrogen-bond acceptors (Lipinski definition) is 7. The van der Waals surface area contributed by atoms with Crippen LogP contribution in [0.2, 0.25) is 0 Å². The Morgan fingerprint density at radius 2 is 2.00 bits per heavy atom. The molecule has 4 rings (SSSR count). The normalized spacial score (nSPS) is 16.5. The van der Waals surface area contributed by atoms with E-state index < -0.39 is 11.9 Å². The fraction of sp³-hybridized carbons (Fsp3) is 0.389. The standard InChI is InChI=1S/C18H18F3N7O/c1-29-10-15-26-17-12(3-2-8-28(17)27-15)23-14-9-13(18(19,20)21)24-16(25-14)11-4-6-22-7-5-11/h4-7,9,12H,2-3,8,10H2,1H3,(H,23,24,25). The van der Waals surface area contributed by atoms with E-state index in [0.717, 1.165) is 12.5 Å². The summed E-state index contributed by atoms with van der Waals surface area (Å²) in [6.07, 6.45) is -0.130. The zero-order valence-corrected chi connectivity index (χ0v) is 15.5. The maximum absolute atomic E-state index is 13.4. The Morgan fingerprint density at radius 1 is 1.21 bits per heavy atom. The number of ether oxygens (including phenoxy) is 1. The minimum atomic E-state index is -4.60. The number of alkyl halides is 3. The molecule has 1 aliphatic rings. The molecule has 0 aliphatic carbocycles. The van der Waals surface area contributed by atoms with Gasteiger partial charge in [-0.3, -0.25) is 4.98 Å². The largest absolute Gasteiger partial charge is 0.433 e. The highest BCUT2D eigenvalue weighted by Gasteiger charge is 2.34. The van der Waals surface area contributed by atoms with E-state index in [1.54, 1.807) is 23.9 Å². The lowest BCUT2D eigenvalue weighted by Crippen LogP contribution is -2.23. The van der Waals surface area contributed by atoms with Crippen molar-refractivity contribution < 1.29 is 17.9 Å². The summed E-state index contributed by atoms with van der Waals surface area (Å²) >= 11 is 0. The first-order valence-electron chi connectivity index (χ1n) is 9.00. The van der Waals surface area contributed by atoms with Gasteiger partial charge in [0, 0.05) is 37.7 Å². The Bertz CT molecular complexity index is 991. The Kier molecular flexibility index (Phi) is 5.14. The number of anilines is 1. The Morgan fingerprint density at radius 3 is 2.72 bits per heavy atom. The van der Waals surface area contributed by atoms with Gasteiger partial charge in [-0.1, -0.05) is 0 Å². The summed E-state index contributed by atoms with van der Waals surface area (Å²) < 4.78 is 47.0. The third-order valence-corrected chi connectivity index (χ3v) is 4.47. The Hall–Kier alpha value is -3.08. The number of pyridine rings is 1. The molecule has 0 bridgehead atoms. The lowest BCUT2D eigenvalue weighted by Gasteiger charge is -2.24. The summed E-state index contributed by atoms with van der Waals surface area (Å²) in [5.74, 6) is 1.24. The van der Waals surface area contributed by atoms with Crippen LogP contribution >= 0.6 is 0 Å². The summed E-state index contributed by atoms with van der Waals surface area (Å²) in [5, 5.41) is 7.46. The third kappa shape index (κ3) is 4.19. The maximum atomic E-state index is 13.4. The SMILES string of the molecule is COCc1nc2n(n1)CCCC2Nc1cc(C(F)(F)F)nc(-c2ccncc2)n1. The molecule has 1 N–H and O–H groups in total. The fourth-order valence-electron chi connectivity index (χ4n) is 3.20. The summed E-state index contributed by atoms with van der Waals surface area (Å²) in [5.41, 5.74) is -0.567. The van der Waals surface area contributed by atoms with Crippen LogP contribution in [-0.4, -0.2) is 36.8 Å². The average molecular weight is 405 g/mol. The van der Waals surface area contributed by atoms with Crippen LogP contribution in [0.25, 0.3) is 11.4 Å². The topological polar surface area (TPSA) is 90.6 Å². The summed E-state index contributed by atoms with van der Waals surface area (Å²) in [7, 11) is 1.55. The van der Waals surface area contributed by atoms with Gasteiger partial charge in [0.05, 0.1) is 6.04 Å². The van der Waals surface area contributed by atoms with Crippen LogP contribution in [0.5, 0.6) is 0 Å². The second kappa shape index (κ2) is 7.74. The van der Waals surface area contributed by atoms with Gasteiger partial charge in [-0.15, -0.1) is 0 Å². The van der Waals surface area contributed by atoms with E-state index in [1.807, 2.05) is 0 Å². The second-order valence-electron chi connectivity index (χ2n) is 6.58. The number of methoxy groups -OCH3 is 1. The highest BCUT2D eigenvalue weighted by Crippen LogP contribution is 2.33. The first kappa shape index (κ1) is 19.2. The van der Waals surface area contributed by atoms with E-state index in [2.05, 4.69) is 30.4 Å². The quantitative estimate of drug-likeness (QED) is 0.697. The van der Waals surface area contributed by atoms with Crippen molar-refractivity contribution in [3.05, 3.63) is 47.9 Å². The van der Waals surface area contributed by atoms with Gasteiger partial charge in [0.25, 0.3) is 0 Å². The number of halogens is 3. The van der Waals surface area contributed by atoms with Crippen LogP contribution in [0.3, 0.4) is 0 Å². The molecule has 152 valence electrons. The van der Waals surface area contributed by atoms with Gasteiger partial charge in [0.15, 0.2) is 17.3 Å². The van der Waals surface area contributed by atoms with Crippen molar-refractivity contribution in [3.8, 4) is 11.4 Å². The fourth-order valence-corrected chi connectivity index (χ4v) is 3.20. The van der Waals surface area contributed by atoms with Gasteiger partial charge < -0.3 is 10.1 Å². The van der Waals surface area contributed by atoms with Crippen molar-refractivity contribution in [1.29, 1.82) is 0 Å². The van der Waals surface area contributed by atoms with E-state index in [4.69, 9.17) is 4.74 Å². The zero-order chi connectivity index (χ0) is 20.4. The van der Waals surface area contributed by atoms with Crippen molar-refractivity contribution in [1.82, 2.24) is 29.7 Å². The van der Waals surface area contributed by atoms with Gasteiger partial charge in [-0.2, -0.15) is 18.3 Å². The molecule has 1 unspecified atom stereocenters. The number of fused-ring (bicyclic) bond motifs is 1. The summed E-state index contributed by atoms with van der Waals surface area (Å²) in [6.45, 7) is 0.967. The molecule has 0 spiro atoms. The predicted octanol–water partition coefficient (Wildman–Crippen LogP) is 3.24. The lowest BCUT2D eigenvalue weighted by molar-refractivity contribution is -0.141. The van der Waals surface area contributed by atoms with E-state index in [-0.39, 0.29) is 24.3 Å². The van der Waals surface area contributed by atoms with Gasteiger partial charge in [-0.05, 0) is 25.0 Å². The highest BCUT2D eigenvalue weighted by molar-refractivity contribution is 5.57. The lowest BCUT2D eigenvalue weighted by atomic mass is 10.1. The number of aromatic nitrogens is 6. The highest BCUT2D eigenvalue weighted by atomic mass is 19.4. The molecule has 0 amide bonds. The Balaban J connectivity index is 1.69. The van der Waals surface area contributed by atoms with Crippen molar-refractivity contribution >= 4 is 5.82 Å². The molecule has 8 nitrogen and oxygen atoms in total. The minimum absolute atomic E-state index is 0.0259. The van der Waals surface area contributed by atoms with Crippen molar-refractivity contribution in [2.24, 2.45) is 0 Å². The molecular formula is C18H18F3N7O. The van der Waals surface area contributed by atoms with Gasteiger partial charge in [0.1, 0.15) is 18.2 Å². The predicted molar refractivity (Wildman–Crippen MR) is 96.6 cm³/mol. The number of rotatable bonds is 5. The monoisotopic (exact) mass is 405 g/mol. The van der Waals surface area contributed by atoms with Crippen molar-refractivity contribution in [2.45, 2.75) is 38.2 Å². The maximum Gasteiger partial charge on any atom is 0.433 e. The molecule has 0 saturated heterocycles. The molecule has 1 aliphatic heterocycles. The molecule has 11 heteroatoms. The minimum Gasteiger partial charge on any atom is -0.377 e. The zero-order valence-electron chi connectivity index (χ0n) is 15.5. The van der Waals surface area contributed by atoms with Crippen LogP contribution in [-0.2, 0) is 24.1 Å². The molecule has 0 aromatic carbocycles. The smallest absolute Gasteiger partial charge is 0.377 e. The number of hydrogen-bond donors (Lipinski definition) is 1. The molecule has 3 aromatic rings. The van der Waals surface area contributed by atoms with Gasteiger partial charge >= 0.3 is 6.18 Å². The number of aryl methyl sites for hydroxylation is 1. The third-order valence-electron chi connectivity index (χ3n) is 4.47. The van der Waals surface area contributed by atoms with E-state index in [1.165, 1.54) is 12.4 Å². The van der Waals surface area contributed by atoms with Gasteiger partial charge in [0.2, 0.25) is 0 Å². The molecule has 4 heterocycles. The first-order chi connectivity index (χ1) is 13.9. The van der Waals surface area contributed by atoms with Crippen molar-refractivity contribution in [2.75, 3.05) is 12.4 Å². The molecule has 3 aromatic heterocycles. The first-order valence-corrected chi connectivity index (χ1v) is 9.00. The van der Waals surface area contributed by atoms with E-state index in [9.17, 15) is 13.2 Å². The molecule has 1 atom stereocenters. The summed E-state index contributed by atoms with van der Waals surface area (Å²) in [6, 6.07) is 3.72. The molecular weight excluding hydrogens is 387 g/mol. The Labute approximate surface area is 164 Å². The number of nitrogens with zero attached hydrogens (tertiary/aromatic N) is 6. The van der Waals surface area contributed by atoms with Crippen LogP contribution in [0.4, 0.5) is 19.0 Å². The van der Waals surface area contributed by atoms with Crippen LogP contribution in [0.1, 0.15) is 36.2 Å². The molecule has 0 saturated carbocycles. The van der Waals surface area contributed by atoms with Crippen LogP contribution in [0.15, 0.2) is 30.6 Å².